The number of benzene rings is 2. The Balaban J connectivity index is 1.35. The zero-order chi connectivity index (χ0) is 22.8. The molecule has 0 atom stereocenters. The van der Waals surface area contributed by atoms with Crippen LogP contribution in [0.25, 0.3) is 11.0 Å². The van der Waals surface area contributed by atoms with Crippen LogP contribution in [0, 0.1) is 6.92 Å². The lowest BCUT2D eigenvalue weighted by Crippen LogP contribution is -2.33. The summed E-state index contributed by atoms with van der Waals surface area (Å²) in [5.74, 6) is -0.755. The van der Waals surface area contributed by atoms with Gasteiger partial charge < -0.3 is 13.9 Å². The summed E-state index contributed by atoms with van der Waals surface area (Å²) in [5, 5.41) is 0.763. The highest BCUT2D eigenvalue weighted by molar-refractivity contribution is 6.21. The van der Waals surface area contributed by atoms with Crippen molar-refractivity contribution in [1.82, 2.24) is 4.90 Å². The van der Waals surface area contributed by atoms with E-state index in [1.807, 2.05) is 0 Å². The van der Waals surface area contributed by atoms with Crippen molar-refractivity contribution in [2.24, 2.45) is 0 Å². The van der Waals surface area contributed by atoms with E-state index in [0.717, 1.165) is 15.8 Å². The third kappa shape index (κ3) is 3.87. The van der Waals surface area contributed by atoms with Gasteiger partial charge in [0.05, 0.1) is 24.8 Å². The summed E-state index contributed by atoms with van der Waals surface area (Å²) in [4.78, 5) is 50.3. The van der Waals surface area contributed by atoms with Gasteiger partial charge in [-0.05, 0) is 43.2 Å². The number of fused-ring (bicyclic) bond motifs is 2. The number of carbonyl (C=O) groups excluding carboxylic acids is 3. The fourth-order valence-electron chi connectivity index (χ4n) is 3.78. The number of ether oxygens (including phenoxy) is 2. The van der Waals surface area contributed by atoms with E-state index in [1.165, 1.54) is 7.11 Å². The van der Waals surface area contributed by atoms with E-state index in [9.17, 15) is 19.2 Å². The summed E-state index contributed by atoms with van der Waals surface area (Å²) in [6, 6.07) is 11.8. The van der Waals surface area contributed by atoms with Gasteiger partial charge in [0.25, 0.3) is 11.8 Å². The molecule has 3 aromatic rings. The molecule has 32 heavy (non-hydrogen) atoms. The number of nitrogens with zero attached hydrogens (tertiary/aromatic N) is 1. The van der Waals surface area contributed by atoms with Gasteiger partial charge in [0.1, 0.15) is 17.9 Å². The van der Waals surface area contributed by atoms with Gasteiger partial charge in [-0.1, -0.05) is 12.1 Å². The number of esters is 1. The van der Waals surface area contributed by atoms with E-state index in [4.69, 9.17) is 13.9 Å². The molecule has 0 spiro atoms. The molecular formula is C24H21NO7. The van der Waals surface area contributed by atoms with Gasteiger partial charge in [-0.3, -0.25) is 19.3 Å². The SMILES string of the molecule is COc1ccc2c(C)c(CCC(=O)OCCN3C(=O)c4ccccc4C3=O)c(=O)oc2c1. The minimum Gasteiger partial charge on any atom is -0.497 e. The van der Waals surface area contributed by atoms with E-state index < -0.39 is 23.4 Å². The van der Waals surface area contributed by atoms with Gasteiger partial charge in [0, 0.05) is 23.4 Å². The fraction of sp³-hybridized carbons (Fsp3) is 0.250. The number of carbonyl (C=O) groups is 3. The molecule has 1 aromatic heterocycles. The molecule has 164 valence electrons. The molecule has 0 bridgehead atoms. The van der Waals surface area contributed by atoms with Crippen LogP contribution in [0.5, 0.6) is 5.75 Å². The highest BCUT2D eigenvalue weighted by Crippen LogP contribution is 2.25. The maximum absolute atomic E-state index is 12.4. The molecule has 2 heterocycles. The first kappa shape index (κ1) is 21.3. The molecule has 0 fully saturated rings. The minimum absolute atomic E-state index is 0.0307. The van der Waals surface area contributed by atoms with Crippen molar-refractivity contribution < 1.29 is 28.3 Å². The molecule has 8 nitrogen and oxygen atoms in total. The van der Waals surface area contributed by atoms with Crippen LogP contribution in [0.2, 0.25) is 0 Å². The average molecular weight is 435 g/mol. The van der Waals surface area contributed by atoms with E-state index in [0.29, 0.717) is 28.0 Å². The first-order valence-electron chi connectivity index (χ1n) is 10.1. The van der Waals surface area contributed by atoms with E-state index in [2.05, 4.69) is 0 Å². The first-order valence-corrected chi connectivity index (χ1v) is 10.1. The van der Waals surface area contributed by atoms with E-state index >= 15 is 0 Å². The third-order valence-electron chi connectivity index (χ3n) is 5.53. The van der Waals surface area contributed by atoms with Crippen molar-refractivity contribution >= 4 is 28.8 Å². The first-order chi connectivity index (χ1) is 15.4. The number of aryl methyl sites for hydroxylation is 1. The van der Waals surface area contributed by atoms with Crippen molar-refractivity contribution in [2.75, 3.05) is 20.3 Å². The Kier molecular flexibility index (Phi) is 5.77. The Labute approximate surface area is 183 Å². The van der Waals surface area contributed by atoms with Crippen LogP contribution >= 0.6 is 0 Å². The molecule has 0 aliphatic carbocycles. The van der Waals surface area contributed by atoms with Gasteiger partial charge in [-0.25, -0.2) is 4.79 Å². The lowest BCUT2D eigenvalue weighted by molar-refractivity contribution is -0.143. The van der Waals surface area contributed by atoms with Gasteiger partial charge in [0.15, 0.2) is 0 Å². The summed E-state index contributed by atoms with van der Waals surface area (Å²) < 4.78 is 15.7. The van der Waals surface area contributed by atoms with Crippen molar-refractivity contribution in [2.45, 2.75) is 19.8 Å². The van der Waals surface area contributed by atoms with Gasteiger partial charge in [-0.2, -0.15) is 0 Å². The lowest BCUT2D eigenvalue weighted by Gasteiger charge is -2.14. The highest BCUT2D eigenvalue weighted by atomic mass is 16.5. The second-order valence-corrected chi connectivity index (χ2v) is 7.38. The van der Waals surface area contributed by atoms with Crippen molar-refractivity contribution in [3.63, 3.8) is 0 Å². The van der Waals surface area contributed by atoms with Gasteiger partial charge in [0.2, 0.25) is 0 Å². The molecule has 0 unspecified atom stereocenters. The Morgan fingerprint density at radius 3 is 2.38 bits per heavy atom. The zero-order valence-electron chi connectivity index (χ0n) is 17.7. The molecule has 0 radical (unpaired) electrons. The predicted octanol–water partition coefficient (Wildman–Crippen LogP) is 2.88. The molecule has 1 aliphatic heterocycles. The standard InChI is InChI=1S/C24H21NO7/c1-14-16-8-7-15(30-2)13-20(16)32-24(29)17(14)9-10-21(26)31-12-11-25-22(27)18-5-3-4-6-19(18)23(25)28/h3-8,13H,9-12H2,1-2H3. The number of methoxy groups -OCH3 is 1. The smallest absolute Gasteiger partial charge is 0.339 e. The number of amides is 2. The van der Waals surface area contributed by atoms with Gasteiger partial charge >= 0.3 is 11.6 Å². The summed E-state index contributed by atoms with van der Waals surface area (Å²) in [6.45, 7) is 1.65. The lowest BCUT2D eigenvalue weighted by atomic mass is 10.0. The number of hydrogen-bond donors (Lipinski definition) is 0. The van der Waals surface area contributed by atoms with Crippen molar-refractivity contribution in [3.05, 3.63) is 75.1 Å². The number of hydrogen-bond acceptors (Lipinski definition) is 7. The average Bonchev–Trinajstić information content (AvgIpc) is 3.03. The third-order valence-corrected chi connectivity index (χ3v) is 5.53. The Morgan fingerprint density at radius 2 is 1.72 bits per heavy atom. The second-order valence-electron chi connectivity index (χ2n) is 7.38. The van der Waals surface area contributed by atoms with E-state index in [1.54, 1.807) is 49.4 Å². The van der Waals surface area contributed by atoms with Crippen molar-refractivity contribution in [3.8, 4) is 5.75 Å². The topological polar surface area (TPSA) is 103 Å². The largest absolute Gasteiger partial charge is 0.497 e. The number of imide groups is 1. The van der Waals surface area contributed by atoms with Crippen LogP contribution in [0.1, 0.15) is 38.3 Å². The highest BCUT2D eigenvalue weighted by Gasteiger charge is 2.34. The molecule has 8 heteroatoms. The normalized spacial score (nSPS) is 12.9. The second kappa shape index (κ2) is 8.66. The predicted molar refractivity (Wildman–Crippen MR) is 115 cm³/mol. The Hall–Kier alpha value is -3.94. The Morgan fingerprint density at radius 1 is 1.03 bits per heavy atom. The maximum atomic E-state index is 12.4. The molecule has 2 aromatic carbocycles. The maximum Gasteiger partial charge on any atom is 0.339 e. The van der Waals surface area contributed by atoms with Crippen molar-refractivity contribution in [1.29, 1.82) is 0 Å². The quantitative estimate of drug-likeness (QED) is 0.319. The van der Waals surface area contributed by atoms with Crippen LogP contribution in [0.15, 0.2) is 51.7 Å². The van der Waals surface area contributed by atoms with E-state index in [-0.39, 0.29) is 26.0 Å². The minimum atomic E-state index is -0.532. The van der Waals surface area contributed by atoms with Crippen LogP contribution in [0.4, 0.5) is 0 Å². The molecule has 0 saturated carbocycles. The Bertz CT molecular complexity index is 1260. The molecule has 2 amide bonds. The zero-order valence-corrected chi connectivity index (χ0v) is 17.7. The molecule has 0 N–H and O–H groups in total. The summed E-state index contributed by atoms with van der Waals surface area (Å²) in [6.07, 6.45) is 0.122. The summed E-state index contributed by atoms with van der Waals surface area (Å²) >= 11 is 0. The summed E-state index contributed by atoms with van der Waals surface area (Å²) in [7, 11) is 1.53. The fourth-order valence-corrected chi connectivity index (χ4v) is 3.78. The van der Waals surface area contributed by atoms with Crippen LogP contribution in [-0.2, 0) is 16.0 Å². The van der Waals surface area contributed by atoms with Crippen LogP contribution < -0.4 is 10.4 Å². The van der Waals surface area contributed by atoms with Crippen LogP contribution in [-0.4, -0.2) is 42.9 Å². The summed E-state index contributed by atoms with van der Waals surface area (Å²) in [5.41, 5.74) is 1.73. The molecular weight excluding hydrogens is 414 g/mol. The number of rotatable bonds is 7. The molecule has 1 aliphatic rings. The molecule has 4 rings (SSSR count). The van der Waals surface area contributed by atoms with Gasteiger partial charge in [-0.15, -0.1) is 0 Å². The van der Waals surface area contributed by atoms with Crippen LogP contribution in [0.3, 0.4) is 0 Å². The monoisotopic (exact) mass is 435 g/mol. The molecule has 0 saturated heterocycles.